The van der Waals surface area contributed by atoms with Gasteiger partial charge in [-0.15, -0.1) is 0 Å². The Balaban J connectivity index is 2.00. The van der Waals surface area contributed by atoms with Crippen LogP contribution in [0.1, 0.15) is 5.69 Å². The summed E-state index contributed by atoms with van der Waals surface area (Å²) >= 11 is 3.27. The van der Waals surface area contributed by atoms with Crippen LogP contribution in [0.2, 0.25) is 0 Å². The van der Waals surface area contributed by atoms with E-state index in [0.717, 1.165) is 10.3 Å². The second kappa shape index (κ2) is 5.41. The summed E-state index contributed by atoms with van der Waals surface area (Å²) in [5.74, 6) is 0.537. The summed E-state index contributed by atoms with van der Waals surface area (Å²) in [5.41, 5.74) is 1.29. The first-order chi connectivity index (χ1) is 8.28. The van der Waals surface area contributed by atoms with Gasteiger partial charge in [0.2, 0.25) is 11.6 Å². The van der Waals surface area contributed by atoms with Crippen LogP contribution in [0.15, 0.2) is 41.1 Å². The molecule has 0 fully saturated rings. The fraction of sp³-hybridized carbons (Fsp3) is 0.0833. The highest BCUT2D eigenvalue weighted by Gasteiger charge is 1.99. The lowest BCUT2D eigenvalue weighted by Crippen LogP contribution is -1.98. The van der Waals surface area contributed by atoms with E-state index in [1.807, 2.05) is 12.1 Å². The van der Waals surface area contributed by atoms with Crippen molar-refractivity contribution in [3.8, 4) is 5.88 Å². The lowest BCUT2D eigenvalue weighted by molar-refractivity contribution is 0.289. The molecule has 0 aliphatic rings. The molecule has 0 bridgehead atoms. The van der Waals surface area contributed by atoms with Gasteiger partial charge in [0.1, 0.15) is 11.2 Å². The third-order valence-corrected chi connectivity index (χ3v) is 2.44. The first kappa shape index (κ1) is 11.6. The van der Waals surface area contributed by atoms with E-state index in [9.17, 15) is 0 Å². The topological polar surface area (TPSA) is 39.4 Å². The molecular formula is C12H8BrN3O. The molecule has 2 aromatic heterocycles. The number of hydrogen-bond donors (Lipinski definition) is 0. The zero-order valence-electron chi connectivity index (χ0n) is 8.80. The third-order valence-electron chi connectivity index (χ3n) is 2.00. The molecule has 0 aromatic carbocycles. The van der Waals surface area contributed by atoms with Crippen LogP contribution in [0.25, 0.3) is 4.85 Å². The molecule has 0 amide bonds. The van der Waals surface area contributed by atoms with E-state index in [0.29, 0.717) is 18.2 Å². The van der Waals surface area contributed by atoms with Crippen molar-refractivity contribution < 1.29 is 4.74 Å². The largest absolute Gasteiger partial charge is 0.471 e. The minimum atomic E-state index is 0.335. The normalized spacial score (nSPS) is 9.65. The molecule has 2 aromatic rings. The van der Waals surface area contributed by atoms with Gasteiger partial charge in [-0.2, -0.15) is 0 Å². The highest BCUT2D eigenvalue weighted by atomic mass is 79.9. The molecular weight excluding hydrogens is 282 g/mol. The molecule has 0 saturated carbocycles. The van der Waals surface area contributed by atoms with Gasteiger partial charge in [-0.1, -0.05) is 12.1 Å². The van der Waals surface area contributed by atoms with Crippen LogP contribution >= 0.6 is 15.9 Å². The molecule has 0 aliphatic heterocycles. The summed E-state index contributed by atoms with van der Waals surface area (Å²) in [5, 5.41) is 0. The fourth-order valence-electron chi connectivity index (χ4n) is 1.19. The van der Waals surface area contributed by atoms with Crippen LogP contribution < -0.4 is 4.74 Å². The Hall–Kier alpha value is -1.93. The summed E-state index contributed by atoms with van der Waals surface area (Å²) in [6, 6.07) is 8.94. The average Bonchev–Trinajstić information content (AvgIpc) is 2.37. The SMILES string of the molecule is [C-]#[N+]c1ccc(COc2cccc(Br)n2)nc1. The Morgan fingerprint density at radius 1 is 1.29 bits per heavy atom. The van der Waals surface area contributed by atoms with Gasteiger partial charge in [0.25, 0.3) is 0 Å². The first-order valence-electron chi connectivity index (χ1n) is 4.85. The molecule has 17 heavy (non-hydrogen) atoms. The Bertz CT molecular complexity index is 548. The molecule has 5 heteroatoms. The van der Waals surface area contributed by atoms with Crippen molar-refractivity contribution in [3.63, 3.8) is 0 Å². The second-order valence-electron chi connectivity index (χ2n) is 3.21. The molecule has 0 N–H and O–H groups in total. The molecule has 0 aliphatic carbocycles. The number of hydrogen-bond acceptors (Lipinski definition) is 3. The van der Waals surface area contributed by atoms with Crippen LogP contribution in [0.4, 0.5) is 5.69 Å². The smallest absolute Gasteiger partial charge is 0.214 e. The predicted octanol–water partition coefficient (Wildman–Crippen LogP) is 3.37. The van der Waals surface area contributed by atoms with E-state index in [4.69, 9.17) is 11.3 Å². The van der Waals surface area contributed by atoms with Gasteiger partial charge in [-0.05, 0) is 28.1 Å². The Morgan fingerprint density at radius 2 is 2.18 bits per heavy atom. The van der Waals surface area contributed by atoms with Crippen molar-refractivity contribution in [1.82, 2.24) is 9.97 Å². The van der Waals surface area contributed by atoms with Crippen LogP contribution in [-0.4, -0.2) is 9.97 Å². The Morgan fingerprint density at radius 3 is 2.82 bits per heavy atom. The minimum absolute atomic E-state index is 0.335. The average molecular weight is 290 g/mol. The zero-order valence-corrected chi connectivity index (χ0v) is 10.4. The molecule has 2 rings (SSSR count). The summed E-state index contributed by atoms with van der Waals surface area (Å²) in [7, 11) is 0. The number of pyridine rings is 2. The van der Waals surface area contributed by atoms with Gasteiger partial charge in [0, 0.05) is 12.3 Å². The van der Waals surface area contributed by atoms with E-state index in [1.165, 1.54) is 6.20 Å². The number of rotatable bonds is 3. The van der Waals surface area contributed by atoms with Crippen molar-refractivity contribution >= 4 is 21.6 Å². The standard InChI is InChI=1S/C12H8BrN3O/c1-14-9-5-6-10(15-7-9)8-17-12-4-2-3-11(13)16-12/h2-7H,8H2. The van der Waals surface area contributed by atoms with E-state index in [-0.39, 0.29) is 0 Å². The highest BCUT2D eigenvalue weighted by Crippen LogP contribution is 2.14. The summed E-state index contributed by atoms with van der Waals surface area (Å²) in [6.45, 7) is 7.15. The van der Waals surface area contributed by atoms with Crippen molar-refractivity contribution in [2.75, 3.05) is 0 Å². The van der Waals surface area contributed by atoms with Gasteiger partial charge in [-0.3, -0.25) is 4.98 Å². The van der Waals surface area contributed by atoms with Crippen LogP contribution in [0.5, 0.6) is 5.88 Å². The van der Waals surface area contributed by atoms with Gasteiger partial charge in [-0.25, -0.2) is 9.83 Å². The third kappa shape index (κ3) is 3.26. The minimum Gasteiger partial charge on any atom is -0.471 e. The molecule has 2 heterocycles. The predicted molar refractivity (Wildman–Crippen MR) is 66.8 cm³/mol. The molecule has 4 nitrogen and oxygen atoms in total. The summed E-state index contributed by atoms with van der Waals surface area (Å²) in [4.78, 5) is 11.5. The molecule has 0 atom stereocenters. The van der Waals surface area contributed by atoms with Gasteiger partial charge in [0.15, 0.2) is 0 Å². The van der Waals surface area contributed by atoms with E-state index in [2.05, 4.69) is 30.7 Å². The van der Waals surface area contributed by atoms with E-state index >= 15 is 0 Å². The quantitative estimate of drug-likeness (QED) is 0.642. The first-order valence-corrected chi connectivity index (χ1v) is 5.65. The van der Waals surface area contributed by atoms with E-state index < -0.39 is 0 Å². The summed E-state index contributed by atoms with van der Waals surface area (Å²) < 4.78 is 6.19. The monoisotopic (exact) mass is 289 g/mol. The maximum Gasteiger partial charge on any atom is 0.214 e. The van der Waals surface area contributed by atoms with Crippen LogP contribution in [0, 0.1) is 6.57 Å². The van der Waals surface area contributed by atoms with Crippen molar-refractivity contribution in [2.45, 2.75) is 6.61 Å². The maximum atomic E-state index is 6.81. The fourth-order valence-corrected chi connectivity index (χ4v) is 1.51. The molecule has 84 valence electrons. The van der Waals surface area contributed by atoms with Gasteiger partial charge < -0.3 is 4.74 Å². The highest BCUT2D eigenvalue weighted by molar-refractivity contribution is 9.10. The molecule has 0 radical (unpaired) electrons. The maximum absolute atomic E-state index is 6.81. The molecule has 0 spiro atoms. The number of aromatic nitrogens is 2. The zero-order chi connectivity index (χ0) is 12.1. The van der Waals surface area contributed by atoms with Crippen molar-refractivity contribution in [2.24, 2.45) is 0 Å². The Labute approximate surface area is 107 Å². The second-order valence-corrected chi connectivity index (χ2v) is 4.02. The number of nitrogens with zero attached hydrogens (tertiary/aromatic N) is 3. The molecule has 0 saturated heterocycles. The van der Waals surface area contributed by atoms with E-state index in [1.54, 1.807) is 18.2 Å². The van der Waals surface area contributed by atoms with Gasteiger partial charge in [0.05, 0.1) is 12.3 Å². The molecule has 0 unspecified atom stereocenters. The lowest BCUT2D eigenvalue weighted by atomic mass is 10.3. The number of halogens is 1. The van der Waals surface area contributed by atoms with Gasteiger partial charge >= 0.3 is 0 Å². The Kier molecular flexibility index (Phi) is 3.68. The van der Waals surface area contributed by atoms with Crippen LogP contribution in [0.3, 0.4) is 0 Å². The summed E-state index contributed by atoms with van der Waals surface area (Å²) in [6.07, 6.45) is 1.53. The van der Waals surface area contributed by atoms with Crippen molar-refractivity contribution in [1.29, 1.82) is 0 Å². The lowest BCUT2D eigenvalue weighted by Gasteiger charge is -2.04. The van der Waals surface area contributed by atoms with Crippen LogP contribution in [-0.2, 0) is 6.61 Å². The number of ether oxygens (including phenoxy) is 1. The van der Waals surface area contributed by atoms with Crippen molar-refractivity contribution in [3.05, 3.63) is 58.2 Å².